The number of rotatable bonds is 4. The number of hydrogen-bond donors (Lipinski definition) is 1. The van der Waals surface area contributed by atoms with Crippen molar-refractivity contribution in [1.29, 1.82) is 0 Å². The highest BCUT2D eigenvalue weighted by Crippen LogP contribution is 2.26. The first kappa shape index (κ1) is 13.3. The summed E-state index contributed by atoms with van der Waals surface area (Å²) in [5, 5.41) is 3.25. The van der Waals surface area contributed by atoms with E-state index in [-0.39, 0.29) is 6.04 Å². The molecule has 0 spiro atoms. The highest BCUT2D eigenvalue weighted by molar-refractivity contribution is 5.28. The number of aromatic nitrogens is 1. The van der Waals surface area contributed by atoms with Crippen LogP contribution in [0.15, 0.2) is 18.3 Å². The number of nitrogens with one attached hydrogen (secondary N) is 1. The van der Waals surface area contributed by atoms with Gasteiger partial charge in [0.25, 0.3) is 0 Å². The topological polar surface area (TPSA) is 34.2 Å². The summed E-state index contributed by atoms with van der Waals surface area (Å²) in [5.41, 5.74) is 1.16. The summed E-state index contributed by atoms with van der Waals surface area (Å²) < 4.78 is 6.14. The molecule has 1 heterocycles. The minimum Gasteiger partial charge on any atom is -0.474 e. The van der Waals surface area contributed by atoms with Gasteiger partial charge < -0.3 is 10.1 Å². The molecule has 1 aliphatic rings. The van der Waals surface area contributed by atoms with Crippen molar-refractivity contribution in [1.82, 2.24) is 10.3 Å². The molecule has 1 fully saturated rings. The number of pyridine rings is 1. The molecule has 0 saturated heterocycles. The molecule has 1 unspecified atom stereocenters. The predicted octanol–water partition coefficient (Wildman–Crippen LogP) is 3.46. The van der Waals surface area contributed by atoms with Crippen molar-refractivity contribution in [3.8, 4) is 5.88 Å². The molecular formula is C15H24N2O. The van der Waals surface area contributed by atoms with Crippen LogP contribution in [0.2, 0.25) is 0 Å². The molecule has 1 aromatic rings. The van der Waals surface area contributed by atoms with Gasteiger partial charge in [-0.25, -0.2) is 4.98 Å². The molecule has 0 radical (unpaired) electrons. The molecule has 3 heteroatoms. The Kier molecular flexibility index (Phi) is 5.00. The minimum absolute atomic E-state index is 0.277. The van der Waals surface area contributed by atoms with Crippen molar-refractivity contribution in [3.63, 3.8) is 0 Å². The molecule has 0 aliphatic heterocycles. The van der Waals surface area contributed by atoms with E-state index < -0.39 is 0 Å². The van der Waals surface area contributed by atoms with Gasteiger partial charge in [0.2, 0.25) is 5.88 Å². The summed E-state index contributed by atoms with van der Waals surface area (Å²) in [4.78, 5) is 4.41. The van der Waals surface area contributed by atoms with E-state index in [2.05, 4.69) is 23.3 Å². The van der Waals surface area contributed by atoms with E-state index in [0.29, 0.717) is 6.10 Å². The quantitative estimate of drug-likeness (QED) is 0.829. The monoisotopic (exact) mass is 248 g/mol. The van der Waals surface area contributed by atoms with Crippen molar-refractivity contribution in [2.45, 2.75) is 57.6 Å². The molecule has 0 aromatic carbocycles. The Morgan fingerprint density at radius 3 is 2.67 bits per heavy atom. The summed E-state index contributed by atoms with van der Waals surface area (Å²) in [6.45, 7) is 2.14. The summed E-state index contributed by atoms with van der Waals surface area (Å²) in [7, 11) is 1.97. The fourth-order valence-corrected chi connectivity index (χ4v) is 2.50. The molecule has 2 rings (SSSR count). The zero-order chi connectivity index (χ0) is 12.8. The van der Waals surface area contributed by atoms with Crippen LogP contribution in [-0.2, 0) is 0 Å². The van der Waals surface area contributed by atoms with Gasteiger partial charge in [-0.2, -0.15) is 0 Å². The van der Waals surface area contributed by atoms with Crippen LogP contribution < -0.4 is 10.1 Å². The van der Waals surface area contributed by atoms with Crippen molar-refractivity contribution in [2.24, 2.45) is 0 Å². The van der Waals surface area contributed by atoms with E-state index in [1.807, 2.05) is 19.3 Å². The van der Waals surface area contributed by atoms with Crippen LogP contribution in [0.4, 0.5) is 0 Å². The average molecular weight is 248 g/mol. The standard InChI is InChI=1S/C15H24N2O/c1-12(16-2)14-10-7-11-17-15(14)18-13-8-5-3-4-6-9-13/h7,10-13,16H,3-6,8-9H2,1-2H3. The van der Waals surface area contributed by atoms with Gasteiger partial charge in [0.1, 0.15) is 6.10 Å². The maximum Gasteiger partial charge on any atom is 0.218 e. The van der Waals surface area contributed by atoms with Gasteiger partial charge in [0.15, 0.2) is 0 Å². The van der Waals surface area contributed by atoms with Crippen LogP contribution in [0.1, 0.15) is 57.1 Å². The molecule has 0 amide bonds. The molecule has 1 aromatic heterocycles. The van der Waals surface area contributed by atoms with E-state index in [9.17, 15) is 0 Å². The van der Waals surface area contributed by atoms with Crippen LogP contribution >= 0.6 is 0 Å². The molecule has 1 aliphatic carbocycles. The normalized spacial score (nSPS) is 19.2. The second-order valence-corrected chi connectivity index (χ2v) is 5.14. The maximum absolute atomic E-state index is 6.14. The smallest absolute Gasteiger partial charge is 0.218 e. The molecule has 1 saturated carbocycles. The van der Waals surface area contributed by atoms with Crippen LogP contribution in [0, 0.1) is 0 Å². The van der Waals surface area contributed by atoms with Gasteiger partial charge >= 0.3 is 0 Å². The lowest BCUT2D eigenvalue weighted by atomic mass is 10.1. The van der Waals surface area contributed by atoms with Crippen LogP contribution in [0.5, 0.6) is 5.88 Å². The minimum atomic E-state index is 0.277. The third kappa shape index (κ3) is 3.45. The largest absolute Gasteiger partial charge is 0.474 e. The number of nitrogens with zero attached hydrogens (tertiary/aromatic N) is 1. The van der Waals surface area contributed by atoms with Crippen LogP contribution in [0.3, 0.4) is 0 Å². The highest BCUT2D eigenvalue weighted by atomic mass is 16.5. The number of hydrogen-bond acceptors (Lipinski definition) is 3. The summed E-state index contributed by atoms with van der Waals surface area (Å²) in [6, 6.07) is 4.35. The van der Waals surface area contributed by atoms with Gasteiger partial charge in [0, 0.05) is 17.8 Å². The van der Waals surface area contributed by atoms with Crippen molar-refractivity contribution >= 4 is 0 Å². The summed E-state index contributed by atoms with van der Waals surface area (Å²) in [6.07, 6.45) is 9.78. The van der Waals surface area contributed by atoms with Gasteiger partial charge in [0.05, 0.1) is 0 Å². The number of ether oxygens (including phenoxy) is 1. The van der Waals surface area contributed by atoms with Gasteiger partial charge in [-0.1, -0.05) is 18.9 Å². The van der Waals surface area contributed by atoms with Crippen LogP contribution in [0.25, 0.3) is 0 Å². The Morgan fingerprint density at radius 1 is 1.28 bits per heavy atom. The Labute approximate surface area is 110 Å². The Bertz CT molecular complexity index is 359. The molecule has 3 nitrogen and oxygen atoms in total. The Hall–Kier alpha value is -1.09. The van der Waals surface area contributed by atoms with E-state index in [1.165, 1.54) is 38.5 Å². The lowest BCUT2D eigenvalue weighted by Crippen LogP contribution is -2.19. The SMILES string of the molecule is CNC(C)c1cccnc1OC1CCCCCC1. The lowest BCUT2D eigenvalue weighted by Gasteiger charge is -2.20. The molecular weight excluding hydrogens is 224 g/mol. The zero-order valence-electron chi connectivity index (χ0n) is 11.5. The molecule has 1 atom stereocenters. The lowest BCUT2D eigenvalue weighted by molar-refractivity contribution is 0.173. The summed E-state index contributed by atoms with van der Waals surface area (Å²) in [5.74, 6) is 0.811. The molecule has 18 heavy (non-hydrogen) atoms. The van der Waals surface area contributed by atoms with Crippen molar-refractivity contribution in [3.05, 3.63) is 23.9 Å². The first-order valence-corrected chi connectivity index (χ1v) is 7.10. The third-order valence-corrected chi connectivity index (χ3v) is 3.78. The Morgan fingerprint density at radius 2 is 2.00 bits per heavy atom. The van der Waals surface area contributed by atoms with Gasteiger partial charge in [-0.15, -0.1) is 0 Å². The van der Waals surface area contributed by atoms with Gasteiger partial charge in [-0.05, 0) is 45.7 Å². The molecule has 1 N–H and O–H groups in total. The second kappa shape index (κ2) is 6.74. The van der Waals surface area contributed by atoms with E-state index in [1.54, 1.807) is 0 Å². The van der Waals surface area contributed by atoms with E-state index >= 15 is 0 Å². The van der Waals surface area contributed by atoms with Crippen molar-refractivity contribution < 1.29 is 4.74 Å². The third-order valence-electron chi connectivity index (χ3n) is 3.78. The molecule has 0 bridgehead atoms. The first-order valence-electron chi connectivity index (χ1n) is 7.10. The molecule has 100 valence electrons. The van der Waals surface area contributed by atoms with Gasteiger partial charge in [-0.3, -0.25) is 0 Å². The zero-order valence-corrected chi connectivity index (χ0v) is 11.5. The van der Waals surface area contributed by atoms with Crippen molar-refractivity contribution in [2.75, 3.05) is 7.05 Å². The van der Waals surface area contributed by atoms with E-state index in [4.69, 9.17) is 4.74 Å². The average Bonchev–Trinajstić information content (AvgIpc) is 2.67. The highest BCUT2D eigenvalue weighted by Gasteiger charge is 2.17. The maximum atomic E-state index is 6.14. The fourth-order valence-electron chi connectivity index (χ4n) is 2.50. The Balaban J connectivity index is 2.07. The van der Waals surface area contributed by atoms with E-state index in [0.717, 1.165) is 11.4 Å². The summed E-state index contributed by atoms with van der Waals surface area (Å²) >= 11 is 0. The predicted molar refractivity (Wildman–Crippen MR) is 73.8 cm³/mol. The van der Waals surface area contributed by atoms with Crippen LogP contribution in [-0.4, -0.2) is 18.1 Å². The second-order valence-electron chi connectivity index (χ2n) is 5.14. The first-order chi connectivity index (χ1) is 8.81. The fraction of sp³-hybridized carbons (Fsp3) is 0.667.